The van der Waals surface area contributed by atoms with Crippen LogP contribution in [-0.2, 0) is 4.74 Å². The van der Waals surface area contributed by atoms with Crippen LogP contribution in [0.25, 0.3) is 0 Å². The molecule has 132 valence electrons. The predicted octanol–water partition coefficient (Wildman–Crippen LogP) is 2.93. The van der Waals surface area contributed by atoms with Crippen molar-refractivity contribution in [1.29, 1.82) is 0 Å². The molecule has 1 heterocycles. The molecule has 0 radical (unpaired) electrons. The fraction of sp³-hybridized carbons (Fsp3) is 0.333. The number of hydrogen-bond acceptors (Lipinski definition) is 6. The van der Waals surface area contributed by atoms with Gasteiger partial charge in [0.1, 0.15) is 0 Å². The van der Waals surface area contributed by atoms with E-state index in [0.29, 0.717) is 23.7 Å². The Balaban J connectivity index is 2.12. The molecule has 0 spiro atoms. The average Bonchev–Trinajstić information content (AvgIpc) is 2.62. The molecule has 1 amide bonds. The van der Waals surface area contributed by atoms with E-state index in [9.17, 15) is 9.59 Å². The van der Waals surface area contributed by atoms with E-state index in [4.69, 9.17) is 4.74 Å². The Morgan fingerprint density at radius 1 is 1.12 bits per heavy atom. The molecule has 0 saturated heterocycles. The second-order valence-electron chi connectivity index (χ2n) is 5.48. The number of anilines is 2. The molecule has 0 bridgehead atoms. The van der Waals surface area contributed by atoms with Gasteiger partial charge in [-0.1, -0.05) is 19.1 Å². The van der Waals surface area contributed by atoms with Gasteiger partial charge in [0, 0.05) is 6.04 Å². The number of ether oxygens (including phenoxy) is 1. The molecule has 25 heavy (non-hydrogen) atoms. The monoisotopic (exact) mass is 342 g/mol. The van der Waals surface area contributed by atoms with Crippen molar-refractivity contribution >= 4 is 23.4 Å². The Hall–Kier alpha value is -2.96. The first kappa shape index (κ1) is 18.4. The SMILES string of the molecule is CCOC(=O)c1ccccc1Nc1ccc(C(=O)NC(C)CC)nn1. The third-order valence-corrected chi connectivity index (χ3v) is 3.57. The minimum atomic E-state index is -0.414. The first-order chi connectivity index (χ1) is 12.0. The van der Waals surface area contributed by atoms with E-state index < -0.39 is 5.97 Å². The molecule has 1 aromatic carbocycles. The van der Waals surface area contributed by atoms with E-state index in [0.717, 1.165) is 6.42 Å². The highest BCUT2D eigenvalue weighted by Gasteiger charge is 2.14. The van der Waals surface area contributed by atoms with Gasteiger partial charge in [-0.2, -0.15) is 0 Å². The van der Waals surface area contributed by atoms with Crippen molar-refractivity contribution in [3.05, 3.63) is 47.7 Å². The van der Waals surface area contributed by atoms with Gasteiger partial charge in [0.25, 0.3) is 5.91 Å². The lowest BCUT2D eigenvalue weighted by Crippen LogP contribution is -2.32. The van der Waals surface area contributed by atoms with E-state index in [1.807, 2.05) is 13.8 Å². The predicted molar refractivity (Wildman–Crippen MR) is 94.9 cm³/mol. The van der Waals surface area contributed by atoms with Gasteiger partial charge in [-0.3, -0.25) is 4.79 Å². The first-order valence-corrected chi connectivity index (χ1v) is 8.22. The van der Waals surface area contributed by atoms with Crippen LogP contribution in [0.15, 0.2) is 36.4 Å². The molecule has 7 nitrogen and oxygen atoms in total. The minimum Gasteiger partial charge on any atom is -0.462 e. The molecule has 0 aliphatic heterocycles. The van der Waals surface area contributed by atoms with Gasteiger partial charge in [-0.15, -0.1) is 10.2 Å². The van der Waals surface area contributed by atoms with E-state index in [1.54, 1.807) is 43.3 Å². The maximum absolute atomic E-state index is 12.0. The van der Waals surface area contributed by atoms with Crippen LogP contribution in [0.1, 0.15) is 48.0 Å². The number of carbonyl (C=O) groups excluding carboxylic acids is 2. The van der Waals surface area contributed by atoms with Gasteiger partial charge in [-0.25, -0.2) is 4.79 Å². The van der Waals surface area contributed by atoms with Gasteiger partial charge in [0.15, 0.2) is 11.5 Å². The Kier molecular flexibility index (Phi) is 6.45. The zero-order valence-electron chi connectivity index (χ0n) is 14.6. The molecule has 2 N–H and O–H groups in total. The number of nitrogens with zero attached hydrogens (tertiary/aromatic N) is 2. The van der Waals surface area contributed by atoms with Crippen LogP contribution in [0.2, 0.25) is 0 Å². The van der Waals surface area contributed by atoms with Crippen molar-refractivity contribution in [3.63, 3.8) is 0 Å². The van der Waals surface area contributed by atoms with Crippen LogP contribution in [-0.4, -0.2) is 34.7 Å². The highest BCUT2D eigenvalue weighted by atomic mass is 16.5. The number of aromatic nitrogens is 2. The number of para-hydroxylation sites is 1. The van der Waals surface area contributed by atoms with Gasteiger partial charge in [-0.05, 0) is 44.5 Å². The number of hydrogen-bond donors (Lipinski definition) is 2. The van der Waals surface area contributed by atoms with Crippen molar-refractivity contribution in [3.8, 4) is 0 Å². The van der Waals surface area contributed by atoms with Crippen LogP contribution in [0.4, 0.5) is 11.5 Å². The quantitative estimate of drug-likeness (QED) is 0.752. The number of rotatable bonds is 7. The zero-order valence-corrected chi connectivity index (χ0v) is 14.6. The molecule has 0 saturated carbocycles. The van der Waals surface area contributed by atoms with Crippen molar-refractivity contribution in [2.45, 2.75) is 33.2 Å². The first-order valence-electron chi connectivity index (χ1n) is 8.22. The van der Waals surface area contributed by atoms with Gasteiger partial charge < -0.3 is 15.4 Å². The van der Waals surface area contributed by atoms with Gasteiger partial charge in [0.2, 0.25) is 0 Å². The summed E-state index contributed by atoms with van der Waals surface area (Å²) in [6, 6.07) is 10.3. The number of esters is 1. The lowest BCUT2D eigenvalue weighted by Gasteiger charge is -2.12. The standard InChI is InChI=1S/C18H22N4O3/c1-4-12(3)19-17(23)15-10-11-16(22-21-15)20-14-9-7-6-8-13(14)18(24)25-5-2/h6-12H,4-5H2,1-3H3,(H,19,23)(H,20,22). The highest BCUT2D eigenvalue weighted by molar-refractivity contribution is 5.96. The smallest absolute Gasteiger partial charge is 0.340 e. The summed E-state index contributed by atoms with van der Waals surface area (Å²) in [4.78, 5) is 24.0. The molecule has 0 aliphatic carbocycles. The summed E-state index contributed by atoms with van der Waals surface area (Å²) in [5, 5.41) is 13.8. The van der Waals surface area contributed by atoms with Crippen molar-refractivity contribution in [2.75, 3.05) is 11.9 Å². The lowest BCUT2D eigenvalue weighted by atomic mass is 10.2. The molecule has 2 aromatic rings. The number of benzene rings is 1. The molecule has 1 unspecified atom stereocenters. The van der Waals surface area contributed by atoms with Crippen molar-refractivity contribution in [1.82, 2.24) is 15.5 Å². The third kappa shape index (κ3) is 5.00. The molecule has 7 heteroatoms. The van der Waals surface area contributed by atoms with Gasteiger partial charge in [0.05, 0.1) is 17.9 Å². The Bertz CT molecular complexity index is 731. The molecular weight excluding hydrogens is 320 g/mol. The topological polar surface area (TPSA) is 93.2 Å². The van der Waals surface area contributed by atoms with Crippen LogP contribution in [0.5, 0.6) is 0 Å². The van der Waals surface area contributed by atoms with Gasteiger partial charge >= 0.3 is 5.97 Å². The molecule has 1 atom stereocenters. The normalized spacial score (nSPS) is 11.5. The third-order valence-electron chi connectivity index (χ3n) is 3.57. The van der Waals surface area contributed by atoms with E-state index in [1.165, 1.54) is 0 Å². The fourth-order valence-electron chi connectivity index (χ4n) is 2.04. The molecular formula is C18H22N4O3. The Labute approximate surface area is 146 Å². The summed E-state index contributed by atoms with van der Waals surface area (Å²) in [6.45, 7) is 5.97. The van der Waals surface area contributed by atoms with E-state index >= 15 is 0 Å². The van der Waals surface area contributed by atoms with E-state index in [2.05, 4.69) is 20.8 Å². The van der Waals surface area contributed by atoms with Crippen molar-refractivity contribution in [2.24, 2.45) is 0 Å². The summed E-state index contributed by atoms with van der Waals surface area (Å²) in [5.74, 6) is -0.250. The molecule has 1 aromatic heterocycles. The second kappa shape index (κ2) is 8.77. The Morgan fingerprint density at radius 2 is 1.88 bits per heavy atom. The Morgan fingerprint density at radius 3 is 2.52 bits per heavy atom. The molecule has 0 fully saturated rings. The number of amides is 1. The minimum absolute atomic E-state index is 0.0727. The summed E-state index contributed by atoms with van der Waals surface area (Å²) >= 11 is 0. The maximum atomic E-state index is 12.0. The lowest BCUT2D eigenvalue weighted by molar-refractivity contribution is 0.0527. The number of nitrogens with one attached hydrogen (secondary N) is 2. The summed E-state index contributed by atoms with van der Waals surface area (Å²) in [7, 11) is 0. The summed E-state index contributed by atoms with van der Waals surface area (Å²) in [6.07, 6.45) is 0.837. The second-order valence-corrected chi connectivity index (χ2v) is 5.48. The zero-order chi connectivity index (χ0) is 18.2. The van der Waals surface area contributed by atoms with Crippen LogP contribution in [0, 0.1) is 0 Å². The van der Waals surface area contributed by atoms with Crippen molar-refractivity contribution < 1.29 is 14.3 Å². The number of carbonyl (C=O) groups is 2. The maximum Gasteiger partial charge on any atom is 0.340 e. The summed E-state index contributed by atoms with van der Waals surface area (Å²) < 4.78 is 5.04. The highest BCUT2D eigenvalue weighted by Crippen LogP contribution is 2.20. The molecule has 2 rings (SSSR count). The largest absolute Gasteiger partial charge is 0.462 e. The fourth-order valence-corrected chi connectivity index (χ4v) is 2.04. The average molecular weight is 342 g/mol. The van der Waals surface area contributed by atoms with Crippen LogP contribution in [0.3, 0.4) is 0 Å². The van der Waals surface area contributed by atoms with E-state index in [-0.39, 0.29) is 17.6 Å². The van der Waals surface area contributed by atoms with Crippen LogP contribution >= 0.6 is 0 Å². The molecule has 0 aliphatic rings. The van der Waals surface area contributed by atoms with Crippen LogP contribution < -0.4 is 10.6 Å². The summed E-state index contributed by atoms with van der Waals surface area (Å²) in [5.41, 5.74) is 1.21.